The van der Waals surface area contributed by atoms with Crippen molar-refractivity contribution in [3.63, 3.8) is 0 Å². The molecule has 21 heavy (non-hydrogen) atoms. The maximum Gasteiger partial charge on any atom is 0.289 e. The normalized spacial score (nSPS) is 11.6. The van der Waals surface area contributed by atoms with Gasteiger partial charge in [0, 0.05) is 12.6 Å². The van der Waals surface area contributed by atoms with Crippen molar-refractivity contribution in [3.05, 3.63) is 23.8 Å². The van der Waals surface area contributed by atoms with Crippen LogP contribution in [0, 0.1) is 0 Å². The second kappa shape index (κ2) is 8.26. The molecular weight excluding hydrogens is 272 g/mol. The number of Topliss-reactive ketones (excluding diaryl/α,β-unsaturated/α-hetero) is 1. The lowest BCUT2D eigenvalue weighted by molar-refractivity contribution is -0.138. The fourth-order valence-corrected chi connectivity index (χ4v) is 1.85. The lowest BCUT2D eigenvalue weighted by Gasteiger charge is -2.11. The molecule has 0 aliphatic heterocycles. The van der Waals surface area contributed by atoms with Gasteiger partial charge in [-0.1, -0.05) is 13.3 Å². The van der Waals surface area contributed by atoms with Crippen LogP contribution in [0.15, 0.2) is 18.2 Å². The fourth-order valence-electron chi connectivity index (χ4n) is 1.85. The molecule has 1 unspecified atom stereocenters. The molecule has 3 N–H and O–H groups in total. The van der Waals surface area contributed by atoms with E-state index in [1.54, 1.807) is 32.4 Å². The average Bonchev–Trinajstić information content (AvgIpc) is 2.51. The first-order chi connectivity index (χ1) is 10.0. The van der Waals surface area contributed by atoms with Crippen LogP contribution in [0.4, 0.5) is 0 Å². The van der Waals surface area contributed by atoms with Gasteiger partial charge in [0.1, 0.15) is 11.5 Å². The molecule has 0 radical (unpaired) electrons. The predicted octanol–water partition coefficient (Wildman–Crippen LogP) is 1.02. The van der Waals surface area contributed by atoms with Crippen molar-refractivity contribution < 1.29 is 19.1 Å². The van der Waals surface area contributed by atoms with Gasteiger partial charge in [0.25, 0.3) is 5.91 Å². The summed E-state index contributed by atoms with van der Waals surface area (Å²) in [5.41, 5.74) is 6.41. The first-order valence-corrected chi connectivity index (χ1v) is 6.81. The topological polar surface area (TPSA) is 90.7 Å². The Labute approximate surface area is 124 Å². The van der Waals surface area contributed by atoms with Crippen LogP contribution in [0.2, 0.25) is 0 Å². The Bertz CT molecular complexity index is 480. The standard InChI is InChI=1S/C15H22N2O4/c1-4-5-13(16)14(18)15(19)17-9-10-6-11(20-2)8-12(7-10)21-3/h6-8,13H,4-5,9,16H2,1-3H3,(H,17,19). The Morgan fingerprint density at radius 2 is 1.76 bits per heavy atom. The second-order valence-corrected chi connectivity index (χ2v) is 4.66. The van der Waals surface area contributed by atoms with Gasteiger partial charge in [0.05, 0.1) is 20.3 Å². The second-order valence-electron chi connectivity index (χ2n) is 4.66. The number of ketones is 1. The van der Waals surface area contributed by atoms with E-state index in [-0.39, 0.29) is 6.54 Å². The van der Waals surface area contributed by atoms with Crippen molar-refractivity contribution in [2.75, 3.05) is 14.2 Å². The third-order valence-electron chi connectivity index (χ3n) is 3.02. The monoisotopic (exact) mass is 294 g/mol. The molecule has 6 nitrogen and oxygen atoms in total. The third kappa shape index (κ3) is 5.07. The first kappa shape index (κ1) is 17.0. The maximum atomic E-state index is 11.7. The van der Waals surface area contributed by atoms with Crippen LogP contribution in [0.1, 0.15) is 25.3 Å². The van der Waals surface area contributed by atoms with Crippen LogP contribution < -0.4 is 20.5 Å². The molecule has 6 heteroatoms. The minimum Gasteiger partial charge on any atom is -0.497 e. The van der Waals surface area contributed by atoms with Gasteiger partial charge in [0.15, 0.2) is 0 Å². The van der Waals surface area contributed by atoms with E-state index in [0.29, 0.717) is 17.9 Å². The van der Waals surface area contributed by atoms with Gasteiger partial charge in [-0.2, -0.15) is 0 Å². The molecule has 1 rings (SSSR count). The molecule has 0 aliphatic rings. The number of nitrogens with one attached hydrogen (secondary N) is 1. The minimum atomic E-state index is -0.741. The molecular formula is C15H22N2O4. The molecule has 1 aromatic rings. The predicted molar refractivity (Wildman–Crippen MR) is 79.3 cm³/mol. The highest BCUT2D eigenvalue weighted by Gasteiger charge is 2.20. The van der Waals surface area contributed by atoms with Crippen molar-refractivity contribution in [1.29, 1.82) is 0 Å². The van der Waals surface area contributed by atoms with Gasteiger partial charge >= 0.3 is 0 Å². The number of rotatable bonds is 8. The van der Waals surface area contributed by atoms with Crippen LogP contribution in [-0.4, -0.2) is 32.0 Å². The van der Waals surface area contributed by atoms with E-state index in [4.69, 9.17) is 15.2 Å². The number of amides is 1. The van der Waals surface area contributed by atoms with Crippen LogP contribution in [0.25, 0.3) is 0 Å². The molecule has 1 amide bonds. The highest BCUT2D eigenvalue weighted by molar-refractivity contribution is 6.38. The summed E-state index contributed by atoms with van der Waals surface area (Å²) < 4.78 is 10.3. The quantitative estimate of drug-likeness (QED) is 0.698. The fraction of sp³-hybridized carbons (Fsp3) is 0.467. The summed E-state index contributed by atoms with van der Waals surface area (Å²) in [6.45, 7) is 2.12. The molecule has 0 heterocycles. The molecule has 0 spiro atoms. The van der Waals surface area contributed by atoms with Gasteiger partial charge in [-0.25, -0.2) is 0 Å². The number of carbonyl (C=O) groups is 2. The molecule has 1 aromatic carbocycles. The van der Waals surface area contributed by atoms with E-state index in [2.05, 4.69) is 5.32 Å². The van der Waals surface area contributed by atoms with Gasteiger partial charge in [-0.15, -0.1) is 0 Å². The number of carbonyl (C=O) groups excluding carboxylic acids is 2. The van der Waals surface area contributed by atoms with E-state index in [0.717, 1.165) is 12.0 Å². The van der Waals surface area contributed by atoms with Crippen LogP contribution in [-0.2, 0) is 16.1 Å². The molecule has 0 bridgehead atoms. The zero-order valence-corrected chi connectivity index (χ0v) is 12.6. The molecule has 0 aromatic heterocycles. The van der Waals surface area contributed by atoms with Crippen LogP contribution in [0.3, 0.4) is 0 Å². The third-order valence-corrected chi connectivity index (χ3v) is 3.02. The number of benzene rings is 1. The zero-order valence-electron chi connectivity index (χ0n) is 12.6. The smallest absolute Gasteiger partial charge is 0.289 e. The van der Waals surface area contributed by atoms with E-state index in [1.165, 1.54) is 0 Å². The highest BCUT2D eigenvalue weighted by Crippen LogP contribution is 2.22. The Balaban J connectivity index is 2.66. The van der Waals surface area contributed by atoms with Gasteiger partial charge in [-0.05, 0) is 24.1 Å². The average molecular weight is 294 g/mol. The van der Waals surface area contributed by atoms with E-state index in [9.17, 15) is 9.59 Å². The van der Waals surface area contributed by atoms with Crippen molar-refractivity contribution in [2.24, 2.45) is 5.73 Å². The summed E-state index contributed by atoms with van der Waals surface area (Å²) >= 11 is 0. The number of methoxy groups -OCH3 is 2. The molecule has 0 saturated heterocycles. The highest BCUT2D eigenvalue weighted by atomic mass is 16.5. The minimum absolute atomic E-state index is 0.205. The summed E-state index contributed by atoms with van der Waals surface area (Å²) in [6.07, 6.45) is 1.26. The van der Waals surface area contributed by atoms with E-state index < -0.39 is 17.7 Å². The van der Waals surface area contributed by atoms with Crippen molar-refractivity contribution in [2.45, 2.75) is 32.4 Å². The summed E-state index contributed by atoms with van der Waals surface area (Å²) in [7, 11) is 3.09. The Morgan fingerprint density at radius 1 is 1.19 bits per heavy atom. The summed E-state index contributed by atoms with van der Waals surface area (Å²) in [6, 6.07) is 4.52. The van der Waals surface area contributed by atoms with Crippen molar-refractivity contribution in [1.82, 2.24) is 5.32 Å². The number of hydrogen-bond donors (Lipinski definition) is 2. The maximum absolute atomic E-state index is 11.7. The molecule has 116 valence electrons. The molecule has 0 saturated carbocycles. The lowest BCUT2D eigenvalue weighted by Crippen LogP contribution is -2.42. The van der Waals surface area contributed by atoms with Gasteiger partial charge in [0.2, 0.25) is 5.78 Å². The molecule has 0 fully saturated rings. The van der Waals surface area contributed by atoms with Crippen molar-refractivity contribution in [3.8, 4) is 11.5 Å². The molecule has 0 aliphatic carbocycles. The summed E-state index contributed by atoms with van der Waals surface area (Å²) in [4.78, 5) is 23.5. The Kier molecular flexibility index (Phi) is 6.68. The summed E-state index contributed by atoms with van der Waals surface area (Å²) in [5.74, 6) is -0.0235. The lowest BCUT2D eigenvalue weighted by atomic mass is 10.1. The number of ether oxygens (including phenoxy) is 2. The number of nitrogens with two attached hydrogens (primary N) is 1. The Hall–Kier alpha value is -2.08. The van der Waals surface area contributed by atoms with Gasteiger partial charge < -0.3 is 20.5 Å². The molecule has 1 atom stereocenters. The van der Waals surface area contributed by atoms with E-state index >= 15 is 0 Å². The number of hydrogen-bond acceptors (Lipinski definition) is 5. The SMILES string of the molecule is CCCC(N)C(=O)C(=O)NCc1cc(OC)cc(OC)c1. The van der Waals surface area contributed by atoms with Crippen LogP contribution >= 0.6 is 0 Å². The Morgan fingerprint density at radius 3 is 2.24 bits per heavy atom. The summed E-state index contributed by atoms with van der Waals surface area (Å²) in [5, 5.41) is 2.56. The van der Waals surface area contributed by atoms with Gasteiger partial charge in [-0.3, -0.25) is 9.59 Å². The van der Waals surface area contributed by atoms with Crippen LogP contribution in [0.5, 0.6) is 11.5 Å². The first-order valence-electron chi connectivity index (χ1n) is 6.81. The largest absolute Gasteiger partial charge is 0.497 e. The zero-order chi connectivity index (χ0) is 15.8. The van der Waals surface area contributed by atoms with E-state index in [1.807, 2.05) is 6.92 Å². The van der Waals surface area contributed by atoms with Crippen molar-refractivity contribution >= 4 is 11.7 Å².